The lowest BCUT2D eigenvalue weighted by molar-refractivity contribution is 0.601. The lowest BCUT2D eigenvalue weighted by Crippen LogP contribution is -2.12. The number of nitriles is 1. The van der Waals surface area contributed by atoms with Crippen LogP contribution in [0.25, 0.3) is 10.9 Å². The second-order valence-corrected chi connectivity index (χ2v) is 6.68. The van der Waals surface area contributed by atoms with Crippen molar-refractivity contribution in [2.45, 2.75) is 11.8 Å². The number of nitrogens with zero attached hydrogens (tertiary/aromatic N) is 1. The first-order valence-corrected chi connectivity index (χ1v) is 8.09. The Morgan fingerprint density at radius 1 is 1.09 bits per heavy atom. The van der Waals surface area contributed by atoms with E-state index in [4.69, 9.17) is 5.26 Å². The van der Waals surface area contributed by atoms with Gasteiger partial charge in [-0.25, -0.2) is 8.42 Å². The van der Waals surface area contributed by atoms with E-state index in [2.05, 4.69) is 9.71 Å². The SMILES string of the molecule is Cc1cc2cc(NS(=O)(=O)c3ccc(C#N)cc3)ccc2[nH]1. The number of nitrogens with one attached hydrogen (secondary N) is 2. The van der Waals surface area contributed by atoms with Crippen molar-refractivity contribution >= 4 is 26.6 Å². The van der Waals surface area contributed by atoms with Gasteiger partial charge >= 0.3 is 0 Å². The number of anilines is 1. The fraction of sp³-hybridized carbons (Fsp3) is 0.0625. The second kappa shape index (κ2) is 5.20. The van der Waals surface area contributed by atoms with Crippen molar-refractivity contribution in [3.8, 4) is 6.07 Å². The summed E-state index contributed by atoms with van der Waals surface area (Å²) in [5, 5.41) is 9.69. The molecule has 0 atom stereocenters. The average molecular weight is 311 g/mol. The summed E-state index contributed by atoms with van der Waals surface area (Å²) in [4.78, 5) is 3.31. The molecule has 6 heteroatoms. The van der Waals surface area contributed by atoms with Crippen LogP contribution in [0, 0.1) is 18.3 Å². The summed E-state index contributed by atoms with van der Waals surface area (Å²) in [6.07, 6.45) is 0. The zero-order chi connectivity index (χ0) is 15.7. The molecule has 3 aromatic rings. The van der Waals surface area contributed by atoms with Crippen molar-refractivity contribution in [1.82, 2.24) is 4.98 Å². The average Bonchev–Trinajstić information content (AvgIpc) is 2.86. The second-order valence-electron chi connectivity index (χ2n) is 5.00. The molecule has 0 saturated carbocycles. The van der Waals surface area contributed by atoms with E-state index in [1.807, 2.05) is 25.1 Å². The van der Waals surface area contributed by atoms with Gasteiger partial charge in [-0.2, -0.15) is 5.26 Å². The maximum Gasteiger partial charge on any atom is 0.261 e. The molecule has 2 N–H and O–H groups in total. The minimum atomic E-state index is -3.67. The van der Waals surface area contributed by atoms with E-state index in [9.17, 15) is 8.42 Å². The third-order valence-electron chi connectivity index (χ3n) is 3.30. The molecule has 110 valence electrons. The number of H-pyrrole nitrogens is 1. The van der Waals surface area contributed by atoms with Crippen molar-refractivity contribution in [1.29, 1.82) is 5.26 Å². The first kappa shape index (κ1) is 14.2. The van der Waals surface area contributed by atoms with E-state index in [1.54, 1.807) is 12.1 Å². The van der Waals surface area contributed by atoms with Gasteiger partial charge in [0.25, 0.3) is 10.0 Å². The van der Waals surface area contributed by atoms with Crippen LogP contribution in [0.3, 0.4) is 0 Å². The van der Waals surface area contributed by atoms with Crippen LogP contribution in [-0.2, 0) is 10.0 Å². The minimum Gasteiger partial charge on any atom is -0.359 e. The number of fused-ring (bicyclic) bond motifs is 1. The Morgan fingerprint density at radius 2 is 1.82 bits per heavy atom. The number of hydrogen-bond acceptors (Lipinski definition) is 3. The number of hydrogen-bond donors (Lipinski definition) is 2. The first-order valence-electron chi connectivity index (χ1n) is 6.60. The zero-order valence-electron chi connectivity index (χ0n) is 11.8. The Bertz CT molecular complexity index is 980. The summed E-state index contributed by atoms with van der Waals surface area (Å²) in [5.74, 6) is 0. The number of rotatable bonds is 3. The molecule has 2 aromatic carbocycles. The number of aromatic amines is 1. The third kappa shape index (κ3) is 2.67. The van der Waals surface area contributed by atoms with Gasteiger partial charge < -0.3 is 4.98 Å². The van der Waals surface area contributed by atoms with Gasteiger partial charge in [0, 0.05) is 22.3 Å². The van der Waals surface area contributed by atoms with Crippen LogP contribution >= 0.6 is 0 Å². The Morgan fingerprint density at radius 3 is 2.50 bits per heavy atom. The van der Waals surface area contributed by atoms with E-state index in [-0.39, 0.29) is 4.90 Å². The van der Waals surface area contributed by atoms with E-state index in [1.165, 1.54) is 24.3 Å². The molecule has 0 aliphatic rings. The summed E-state index contributed by atoms with van der Waals surface area (Å²) >= 11 is 0. The van der Waals surface area contributed by atoms with Gasteiger partial charge in [-0.15, -0.1) is 0 Å². The van der Waals surface area contributed by atoms with Gasteiger partial charge in [0.15, 0.2) is 0 Å². The molecule has 1 heterocycles. The molecule has 0 radical (unpaired) electrons. The summed E-state index contributed by atoms with van der Waals surface area (Å²) in [5.41, 5.74) is 2.89. The number of sulfonamides is 1. The van der Waals surface area contributed by atoms with Crippen molar-refractivity contribution in [2.24, 2.45) is 0 Å². The normalized spacial score (nSPS) is 11.3. The van der Waals surface area contributed by atoms with Crippen LogP contribution in [0.2, 0.25) is 0 Å². The maximum atomic E-state index is 12.3. The van der Waals surface area contributed by atoms with Crippen molar-refractivity contribution < 1.29 is 8.42 Å². The van der Waals surface area contributed by atoms with Gasteiger partial charge in [-0.3, -0.25) is 4.72 Å². The maximum absolute atomic E-state index is 12.3. The summed E-state index contributed by atoms with van der Waals surface area (Å²) in [7, 11) is -3.67. The van der Waals surface area contributed by atoms with Crippen LogP contribution in [0.15, 0.2) is 53.4 Å². The molecule has 0 saturated heterocycles. The van der Waals surface area contributed by atoms with Gasteiger partial charge in [0.2, 0.25) is 0 Å². The van der Waals surface area contributed by atoms with Gasteiger partial charge in [0.1, 0.15) is 0 Å². The van der Waals surface area contributed by atoms with Gasteiger partial charge in [0.05, 0.1) is 16.5 Å². The Kier molecular flexibility index (Phi) is 3.35. The zero-order valence-corrected chi connectivity index (χ0v) is 12.6. The van der Waals surface area contributed by atoms with Crippen molar-refractivity contribution in [3.63, 3.8) is 0 Å². The molecule has 0 spiro atoms. The van der Waals surface area contributed by atoms with Crippen LogP contribution in [0.4, 0.5) is 5.69 Å². The summed E-state index contributed by atoms with van der Waals surface area (Å²) in [6.45, 7) is 1.95. The van der Waals surface area contributed by atoms with Crippen molar-refractivity contribution in [3.05, 3.63) is 59.8 Å². The molecule has 0 unspecified atom stereocenters. The Balaban J connectivity index is 1.93. The number of aryl methyl sites for hydroxylation is 1. The fourth-order valence-corrected chi connectivity index (χ4v) is 3.31. The van der Waals surface area contributed by atoms with Crippen LogP contribution < -0.4 is 4.72 Å². The van der Waals surface area contributed by atoms with Crippen LogP contribution in [-0.4, -0.2) is 13.4 Å². The highest BCUT2D eigenvalue weighted by Crippen LogP contribution is 2.22. The standard InChI is InChI=1S/C16H13N3O2S/c1-11-8-13-9-14(4-7-16(13)18-11)19-22(20,21)15-5-2-12(10-17)3-6-15/h2-9,18-19H,1H3. The molecule has 0 aliphatic carbocycles. The summed E-state index contributed by atoms with van der Waals surface area (Å²) in [6, 6.07) is 15.0. The molecule has 0 amide bonds. The van der Waals surface area contributed by atoms with E-state index >= 15 is 0 Å². The van der Waals surface area contributed by atoms with E-state index < -0.39 is 10.0 Å². The lowest BCUT2D eigenvalue weighted by Gasteiger charge is -2.08. The molecule has 3 rings (SSSR count). The highest BCUT2D eigenvalue weighted by molar-refractivity contribution is 7.92. The molecular formula is C16H13N3O2S. The predicted octanol–water partition coefficient (Wildman–Crippen LogP) is 3.15. The molecule has 22 heavy (non-hydrogen) atoms. The quantitative estimate of drug-likeness (QED) is 0.779. The van der Waals surface area contributed by atoms with Crippen LogP contribution in [0.5, 0.6) is 0 Å². The minimum absolute atomic E-state index is 0.122. The predicted molar refractivity (Wildman–Crippen MR) is 85.0 cm³/mol. The smallest absolute Gasteiger partial charge is 0.261 e. The van der Waals surface area contributed by atoms with Gasteiger partial charge in [-0.1, -0.05) is 0 Å². The van der Waals surface area contributed by atoms with Crippen LogP contribution in [0.1, 0.15) is 11.3 Å². The molecule has 5 nitrogen and oxygen atoms in total. The highest BCUT2D eigenvalue weighted by atomic mass is 32.2. The number of benzene rings is 2. The topological polar surface area (TPSA) is 85.8 Å². The molecule has 0 bridgehead atoms. The van der Waals surface area contributed by atoms with Gasteiger partial charge in [-0.05, 0) is 55.5 Å². The Labute approximate surface area is 128 Å². The van der Waals surface area contributed by atoms with E-state index in [0.29, 0.717) is 11.3 Å². The van der Waals surface area contributed by atoms with E-state index in [0.717, 1.165) is 16.6 Å². The summed E-state index contributed by atoms with van der Waals surface area (Å²) < 4.78 is 27.2. The monoisotopic (exact) mass is 311 g/mol. The number of aromatic nitrogens is 1. The third-order valence-corrected chi connectivity index (χ3v) is 4.70. The molecule has 0 aliphatic heterocycles. The molecular weight excluding hydrogens is 298 g/mol. The Hall–Kier alpha value is -2.78. The van der Waals surface area contributed by atoms with Crippen molar-refractivity contribution in [2.75, 3.05) is 4.72 Å². The molecule has 0 fully saturated rings. The lowest BCUT2D eigenvalue weighted by atomic mass is 10.2. The fourth-order valence-electron chi connectivity index (χ4n) is 2.26. The first-order chi connectivity index (χ1) is 10.5. The largest absolute Gasteiger partial charge is 0.359 e. The highest BCUT2D eigenvalue weighted by Gasteiger charge is 2.14. The molecule has 1 aromatic heterocycles.